The van der Waals surface area contributed by atoms with E-state index in [4.69, 9.17) is 4.74 Å². The largest absolute Gasteiger partial charge is 0.497 e. The van der Waals surface area contributed by atoms with Crippen LogP contribution in [0, 0.1) is 5.82 Å². The summed E-state index contributed by atoms with van der Waals surface area (Å²) in [5.74, 6) is 0.798. The number of carbonyl (C=O) groups excluding carboxylic acids is 1. The van der Waals surface area contributed by atoms with E-state index in [1.165, 1.54) is 28.2 Å². The number of amides is 1. The Balaban J connectivity index is 1.54. The second kappa shape index (κ2) is 9.51. The predicted molar refractivity (Wildman–Crippen MR) is 130 cm³/mol. The Morgan fingerprint density at radius 3 is 2.71 bits per heavy atom. The van der Waals surface area contributed by atoms with Crippen LogP contribution in [0.15, 0.2) is 78.4 Å². The summed E-state index contributed by atoms with van der Waals surface area (Å²) in [4.78, 5) is 23.2. The van der Waals surface area contributed by atoms with Crippen molar-refractivity contribution in [2.45, 2.75) is 6.04 Å². The molecule has 0 bridgehead atoms. The maximum atomic E-state index is 14.0. The van der Waals surface area contributed by atoms with E-state index < -0.39 is 17.8 Å². The van der Waals surface area contributed by atoms with Crippen molar-refractivity contribution >= 4 is 17.2 Å². The van der Waals surface area contributed by atoms with E-state index in [-0.39, 0.29) is 5.82 Å². The lowest BCUT2D eigenvalue weighted by atomic mass is 10.1. The topological polar surface area (TPSA) is 86.9 Å². The zero-order chi connectivity index (χ0) is 24.4. The average Bonchev–Trinajstić information content (AvgIpc) is 3.63. The highest BCUT2D eigenvalue weighted by atomic mass is 32.1. The lowest BCUT2D eigenvalue weighted by Gasteiger charge is -2.19. The summed E-state index contributed by atoms with van der Waals surface area (Å²) in [5, 5.41) is 9.35. The van der Waals surface area contributed by atoms with Crippen LogP contribution in [0.4, 0.5) is 4.39 Å². The van der Waals surface area contributed by atoms with Crippen LogP contribution < -0.4 is 10.1 Å². The van der Waals surface area contributed by atoms with Crippen molar-refractivity contribution < 1.29 is 13.9 Å². The molecule has 0 aliphatic heterocycles. The number of halogens is 1. The molecule has 5 rings (SSSR count). The van der Waals surface area contributed by atoms with Crippen LogP contribution >= 0.6 is 11.3 Å². The predicted octanol–water partition coefficient (Wildman–Crippen LogP) is 4.40. The van der Waals surface area contributed by atoms with Gasteiger partial charge in [0, 0.05) is 19.4 Å². The second-order valence-electron chi connectivity index (χ2n) is 7.71. The maximum Gasteiger partial charge on any atom is 0.291 e. The van der Waals surface area contributed by atoms with Crippen LogP contribution in [-0.4, -0.2) is 37.3 Å². The molecule has 0 radical (unpaired) electrons. The highest BCUT2D eigenvalue weighted by molar-refractivity contribution is 7.13. The third-order valence-corrected chi connectivity index (χ3v) is 6.29. The van der Waals surface area contributed by atoms with Gasteiger partial charge in [-0.2, -0.15) is 0 Å². The Morgan fingerprint density at radius 2 is 2.00 bits per heavy atom. The first-order valence-electron chi connectivity index (χ1n) is 10.7. The summed E-state index contributed by atoms with van der Waals surface area (Å²) in [7, 11) is 3.44. The molecule has 1 atom stereocenters. The normalized spacial score (nSPS) is 11.9. The van der Waals surface area contributed by atoms with Crippen LogP contribution in [0.1, 0.15) is 28.0 Å². The first-order valence-corrected chi connectivity index (χ1v) is 11.6. The fourth-order valence-corrected chi connectivity index (χ4v) is 4.43. The van der Waals surface area contributed by atoms with Gasteiger partial charge in [0.25, 0.3) is 5.91 Å². The summed E-state index contributed by atoms with van der Waals surface area (Å²) in [5.41, 5.74) is 1.25. The molecule has 176 valence electrons. The van der Waals surface area contributed by atoms with Gasteiger partial charge in [0.05, 0.1) is 17.7 Å². The van der Waals surface area contributed by atoms with E-state index in [0.717, 1.165) is 10.4 Å². The standard InChI is InChI=1S/C25H21FN6O2S/c1-31-12-11-27-24(31)21(16-6-3-9-19(14-16)34-2)28-25(33)22-29-23(20-10-5-13-35-20)32(30-22)18-8-4-7-17(26)15-18/h3-15,21H,1-2H3,(H,28,33). The highest BCUT2D eigenvalue weighted by Crippen LogP contribution is 2.27. The van der Waals surface area contributed by atoms with Gasteiger partial charge in [-0.25, -0.2) is 19.0 Å². The van der Waals surface area contributed by atoms with E-state index in [1.807, 2.05) is 53.4 Å². The van der Waals surface area contributed by atoms with Crippen molar-refractivity contribution in [3.8, 4) is 22.1 Å². The number of aryl methyl sites for hydroxylation is 1. The van der Waals surface area contributed by atoms with E-state index in [9.17, 15) is 9.18 Å². The molecule has 0 aliphatic rings. The Hall–Kier alpha value is -4.31. The minimum atomic E-state index is -0.580. The summed E-state index contributed by atoms with van der Waals surface area (Å²) >= 11 is 1.45. The van der Waals surface area contributed by atoms with Crippen LogP contribution in [0.2, 0.25) is 0 Å². The van der Waals surface area contributed by atoms with Gasteiger partial charge >= 0.3 is 0 Å². The van der Waals surface area contributed by atoms with Gasteiger partial charge in [-0.05, 0) is 47.3 Å². The summed E-state index contributed by atoms with van der Waals surface area (Å²) in [6, 6.07) is 16.6. The number of aromatic nitrogens is 5. The van der Waals surface area contributed by atoms with E-state index in [2.05, 4.69) is 20.4 Å². The summed E-state index contributed by atoms with van der Waals surface area (Å²) < 4.78 is 22.6. The third kappa shape index (κ3) is 4.56. The zero-order valence-corrected chi connectivity index (χ0v) is 19.7. The quantitative estimate of drug-likeness (QED) is 0.367. The molecular weight excluding hydrogens is 467 g/mol. The second-order valence-corrected chi connectivity index (χ2v) is 8.66. The molecule has 3 aromatic heterocycles. The maximum absolute atomic E-state index is 14.0. The van der Waals surface area contributed by atoms with Gasteiger partial charge in [-0.1, -0.05) is 24.3 Å². The van der Waals surface area contributed by atoms with Crippen molar-refractivity contribution in [2.24, 2.45) is 7.05 Å². The molecule has 1 amide bonds. The molecule has 0 fully saturated rings. The Labute approximate surface area is 204 Å². The molecule has 1 unspecified atom stereocenters. The van der Waals surface area contributed by atoms with Gasteiger partial charge in [-0.15, -0.1) is 16.4 Å². The first-order chi connectivity index (χ1) is 17.0. The number of hydrogen-bond donors (Lipinski definition) is 1. The molecule has 1 N–H and O–H groups in total. The lowest BCUT2D eigenvalue weighted by molar-refractivity contribution is 0.0930. The smallest absolute Gasteiger partial charge is 0.291 e. The average molecular weight is 489 g/mol. The number of nitrogens with one attached hydrogen (secondary N) is 1. The minimum absolute atomic E-state index is 0.0419. The molecule has 2 aromatic carbocycles. The minimum Gasteiger partial charge on any atom is -0.497 e. The number of imidazole rings is 1. The van der Waals surface area contributed by atoms with Crippen molar-refractivity contribution in [1.29, 1.82) is 0 Å². The van der Waals surface area contributed by atoms with Gasteiger partial charge in [0.15, 0.2) is 5.82 Å². The fourth-order valence-electron chi connectivity index (χ4n) is 3.73. The molecule has 8 nitrogen and oxygen atoms in total. The zero-order valence-electron chi connectivity index (χ0n) is 18.9. The fraction of sp³-hybridized carbons (Fsp3) is 0.120. The molecule has 10 heteroatoms. The lowest BCUT2D eigenvalue weighted by Crippen LogP contribution is -2.32. The van der Waals surface area contributed by atoms with Gasteiger partial charge in [-0.3, -0.25) is 4.79 Å². The molecule has 0 aliphatic carbocycles. The van der Waals surface area contributed by atoms with Crippen LogP contribution in [0.3, 0.4) is 0 Å². The molecule has 0 saturated carbocycles. The number of hydrogen-bond acceptors (Lipinski definition) is 6. The molecule has 5 aromatic rings. The Bertz CT molecular complexity index is 1480. The van der Waals surface area contributed by atoms with Gasteiger partial charge < -0.3 is 14.6 Å². The van der Waals surface area contributed by atoms with Crippen LogP contribution in [-0.2, 0) is 7.05 Å². The number of rotatable bonds is 7. The monoisotopic (exact) mass is 488 g/mol. The number of carbonyl (C=O) groups is 1. The van der Waals surface area contributed by atoms with Crippen molar-refractivity contribution in [3.05, 3.63) is 101 Å². The number of nitrogens with zero attached hydrogens (tertiary/aromatic N) is 5. The van der Waals surface area contributed by atoms with Crippen molar-refractivity contribution in [3.63, 3.8) is 0 Å². The van der Waals surface area contributed by atoms with Crippen molar-refractivity contribution in [1.82, 2.24) is 29.6 Å². The first kappa shape index (κ1) is 22.5. The van der Waals surface area contributed by atoms with Gasteiger partial charge in [0.1, 0.15) is 23.4 Å². The molecule has 0 saturated heterocycles. The summed E-state index contributed by atoms with van der Waals surface area (Å²) in [6.07, 6.45) is 3.47. The Kier molecular flexibility index (Phi) is 6.11. The molecule has 3 heterocycles. The number of ether oxygens (including phenoxy) is 1. The number of thiophene rings is 1. The third-order valence-electron chi connectivity index (χ3n) is 5.42. The van der Waals surface area contributed by atoms with E-state index in [1.54, 1.807) is 31.6 Å². The number of methoxy groups -OCH3 is 1. The molecule has 35 heavy (non-hydrogen) atoms. The van der Waals surface area contributed by atoms with E-state index >= 15 is 0 Å². The van der Waals surface area contributed by atoms with Crippen LogP contribution in [0.5, 0.6) is 5.75 Å². The highest BCUT2D eigenvalue weighted by Gasteiger charge is 2.26. The van der Waals surface area contributed by atoms with Crippen molar-refractivity contribution in [2.75, 3.05) is 7.11 Å². The van der Waals surface area contributed by atoms with Gasteiger partial charge in [0.2, 0.25) is 5.82 Å². The molecule has 0 spiro atoms. The van der Waals surface area contributed by atoms with E-state index in [0.29, 0.717) is 23.1 Å². The molecular formula is C25H21FN6O2S. The Morgan fingerprint density at radius 1 is 1.14 bits per heavy atom. The number of benzene rings is 2. The SMILES string of the molecule is COc1cccc(C(NC(=O)c2nc(-c3cccs3)n(-c3cccc(F)c3)n2)c2nccn2C)c1. The summed E-state index contributed by atoms with van der Waals surface area (Å²) in [6.45, 7) is 0. The van der Waals surface area contributed by atoms with Crippen LogP contribution in [0.25, 0.3) is 16.4 Å².